The van der Waals surface area contributed by atoms with E-state index in [1.165, 1.54) is 12.1 Å². The Morgan fingerprint density at radius 2 is 1.88 bits per heavy atom. The lowest BCUT2D eigenvalue weighted by Gasteiger charge is -2.31. The fourth-order valence-corrected chi connectivity index (χ4v) is 5.15. The minimum absolute atomic E-state index is 0.0193. The van der Waals surface area contributed by atoms with E-state index >= 15 is 0 Å². The summed E-state index contributed by atoms with van der Waals surface area (Å²) in [5, 5.41) is 15.3. The fraction of sp³-hybridized carbons (Fsp3) is 0.515. The number of urea groups is 1. The van der Waals surface area contributed by atoms with E-state index in [9.17, 15) is 9.18 Å². The number of nitrogens with one attached hydrogen (secondary N) is 2. The van der Waals surface area contributed by atoms with Crippen molar-refractivity contribution in [2.24, 2.45) is 11.3 Å². The molecule has 9 nitrogen and oxygen atoms in total. The first-order valence-electron chi connectivity index (χ1n) is 15.1. The fourth-order valence-electron chi connectivity index (χ4n) is 5.15. The molecule has 0 unspecified atom stereocenters. The van der Waals surface area contributed by atoms with Gasteiger partial charge in [-0.05, 0) is 80.8 Å². The van der Waals surface area contributed by atoms with Crippen molar-refractivity contribution in [1.82, 2.24) is 15.2 Å². The maximum atomic E-state index is 15.0. The van der Waals surface area contributed by atoms with Gasteiger partial charge in [0.1, 0.15) is 5.75 Å². The van der Waals surface area contributed by atoms with Crippen molar-refractivity contribution in [3.8, 4) is 23.0 Å². The van der Waals surface area contributed by atoms with Gasteiger partial charge in [-0.2, -0.15) is 0 Å². The molecule has 1 aliphatic rings. The number of methoxy groups -OCH3 is 1. The summed E-state index contributed by atoms with van der Waals surface area (Å²) in [7, 11) is 1.58. The molecule has 1 fully saturated rings. The van der Waals surface area contributed by atoms with Crippen LogP contribution in [0.4, 0.5) is 14.9 Å². The number of aliphatic hydroxyl groups excluding tert-OH is 1. The summed E-state index contributed by atoms with van der Waals surface area (Å²) in [6.45, 7) is 10.7. The number of hydrogen-bond acceptors (Lipinski definition) is 7. The Morgan fingerprint density at radius 3 is 2.58 bits per heavy atom. The number of halogens is 1. The number of anilines is 1. The molecule has 2 amide bonds. The van der Waals surface area contributed by atoms with Crippen LogP contribution in [-0.2, 0) is 0 Å². The highest BCUT2D eigenvalue weighted by Crippen LogP contribution is 2.38. The predicted octanol–water partition coefficient (Wildman–Crippen LogP) is 6.60. The highest BCUT2D eigenvalue weighted by molar-refractivity contribution is 5.90. The van der Waals surface area contributed by atoms with Crippen molar-refractivity contribution in [2.75, 3.05) is 51.8 Å². The number of carbonyl (C=O) groups excluding carboxylic acids is 1. The van der Waals surface area contributed by atoms with E-state index in [1.54, 1.807) is 31.5 Å². The normalized spacial score (nSPS) is 14.5. The van der Waals surface area contributed by atoms with Crippen LogP contribution in [0.25, 0.3) is 10.9 Å². The molecule has 0 radical (unpaired) electrons. The molecule has 43 heavy (non-hydrogen) atoms. The second-order valence-electron chi connectivity index (χ2n) is 12.3. The molecule has 0 saturated carbocycles. The minimum Gasteiger partial charge on any atom is -0.493 e. The number of carbonyl (C=O) groups is 1. The number of aromatic nitrogens is 1. The third-order valence-corrected chi connectivity index (χ3v) is 7.68. The van der Waals surface area contributed by atoms with Gasteiger partial charge in [-0.3, -0.25) is 4.98 Å². The summed E-state index contributed by atoms with van der Waals surface area (Å²) in [5.41, 5.74) is 1.06. The molecule has 1 saturated heterocycles. The number of benzene rings is 2. The number of ether oxygens (including phenoxy) is 3. The van der Waals surface area contributed by atoms with E-state index in [0.29, 0.717) is 52.9 Å². The van der Waals surface area contributed by atoms with Crippen molar-refractivity contribution in [3.05, 3.63) is 48.4 Å². The van der Waals surface area contributed by atoms with Crippen molar-refractivity contribution < 1.29 is 28.5 Å². The summed E-state index contributed by atoms with van der Waals surface area (Å²) in [6.07, 6.45) is 6.48. The molecule has 1 aliphatic heterocycles. The highest BCUT2D eigenvalue weighted by Gasteiger charge is 2.19. The number of rotatable bonds is 13. The van der Waals surface area contributed by atoms with Gasteiger partial charge < -0.3 is 34.9 Å². The second kappa shape index (κ2) is 15.2. The largest absolute Gasteiger partial charge is 0.493 e. The Morgan fingerprint density at radius 1 is 1.09 bits per heavy atom. The molecule has 3 aromatic rings. The number of fused-ring (bicyclic) bond motifs is 1. The van der Waals surface area contributed by atoms with Crippen LogP contribution < -0.4 is 24.8 Å². The zero-order valence-corrected chi connectivity index (χ0v) is 25.7. The molecule has 4 rings (SSSR count). The van der Waals surface area contributed by atoms with Gasteiger partial charge in [0.05, 0.1) is 19.2 Å². The standard InChI is InChI=1S/C33H45FN4O5/c1-33(2,3)12-14-36-32(40)37-24-6-7-29(26(34)20-24)43-28-8-13-35-27-22-31(30(41-4)21-25(27)28)42-19-5-15-38-16-9-23(10-17-38)11-18-39/h6-8,13,20-23,39H,5,9-12,14-19H2,1-4H3,(H2,36,37,40). The van der Waals surface area contributed by atoms with E-state index in [-0.39, 0.29) is 23.8 Å². The summed E-state index contributed by atoms with van der Waals surface area (Å²) in [6, 6.07) is 9.18. The van der Waals surface area contributed by atoms with Gasteiger partial charge in [0.2, 0.25) is 0 Å². The number of pyridine rings is 1. The van der Waals surface area contributed by atoms with Crippen LogP contribution in [0.1, 0.15) is 52.9 Å². The van der Waals surface area contributed by atoms with Crippen molar-refractivity contribution >= 4 is 22.6 Å². The molecule has 0 atom stereocenters. The van der Waals surface area contributed by atoms with Gasteiger partial charge in [0.15, 0.2) is 23.1 Å². The van der Waals surface area contributed by atoms with Crippen molar-refractivity contribution in [1.29, 1.82) is 0 Å². The number of likely N-dealkylation sites (tertiary alicyclic amines) is 1. The molecule has 0 spiro atoms. The van der Waals surface area contributed by atoms with Crippen molar-refractivity contribution in [2.45, 2.75) is 52.9 Å². The number of piperidine rings is 1. The van der Waals surface area contributed by atoms with E-state index in [4.69, 9.17) is 19.3 Å². The average Bonchev–Trinajstić information content (AvgIpc) is 2.96. The number of nitrogens with zero attached hydrogens (tertiary/aromatic N) is 2. The molecule has 0 aliphatic carbocycles. The molecule has 10 heteroatoms. The predicted molar refractivity (Wildman–Crippen MR) is 167 cm³/mol. The minimum atomic E-state index is -0.609. The van der Waals surface area contributed by atoms with Gasteiger partial charge in [-0.15, -0.1) is 0 Å². The Kier molecular flexibility index (Phi) is 11.4. The zero-order chi connectivity index (χ0) is 30.8. The van der Waals surface area contributed by atoms with E-state index in [1.807, 2.05) is 6.07 Å². The van der Waals surface area contributed by atoms with Crippen LogP contribution in [0.2, 0.25) is 0 Å². The Hall–Kier alpha value is -3.63. The van der Waals surface area contributed by atoms with E-state index in [2.05, 4.69) is 41.3 Å². The third kappa shape index (κ3) is 9.69. The molecule has 1 aromatic heterocycles. The van der Waals surface area contributed by atoms with Crippen LogP contribution in [0.15, 0.2) is 42.6 Å². The van der Waals surface area contributed by atoms with Gasteiger partial charge in [-0.1, -0.05) is 20.8 Å². The Labute approximate surface area is 253 Å². The van der Waals surface area contributed by atoms with E-state index < -0.39 is 5.82 Å². The quantitative estimate of drug-likeness (QED) is 0.191. The monoisotopic (exact) mass is 596 g/mol. The molecule has 234 valence electrons. The topological polar surface area (TPSA) is 105 Å². The highest BCUT2D eigenvalue weighted by atomic mass is 19.1. The van der Waals surface area contributed by atoms with Crippen LogP contribution in [0, 0.1) is 17.2 Å². The maximum absolute atomic E-state index is 15.0. The molecular weight excluding hydrogens is 551 g/mol. The first-order chi connectivity index (χ1) is 20.6. The zero-order valence-electron chi connectivity index (χ0n) is 25.7. The summed E-state index contributed by atoms with van der Waals surface area (Å²) in [5.74, 6) is 1.58. The number of hydrogen-bond donors (Lipinski definition) is 3. The molecule has 2 heterocycles. The number of amides is 2. The lowest BCUT2D eigenvalue weighted by atomic mass is 9.92. The summed E-state index contributed by atoms with van der Waals surface area (Å²) < 4.78 is 32.6. The van der Waals surface area contributed by atoms with Gasteiger partial charge in [0, 0.05) is 49.1 Å². The Balaban J connectivity index is 1.35. The number of aliphatic hydroxyl groups is 1. The molecular formula is C33H45FN4O5. The second-order valence-corrected chi connectivity index (χ2v) is 12.3. The lowest BCUT2D eigenvalue weighted by Crippen LogP contribution is -2.35. The maximum Gasteiger partial charge on any atom is 0.319 e. The smallest absolute Gasteiger partial charge is 0.319 e. The molecule has 0 bridgehead atoms. The average molecular weight is 597 g/mol. The van der Waals surface area contributed by atoms with Crippen LogP contribution in [0.5, 0.6) is 23.0 Å². The summed E-state index contributed by atoms with van der Waals surface area (Å²) >= 11 is 0. The third-order valence-electron chi connectivity index (χ3n) is 7.68. The van der Waals surface area contributed by atoms with Gasteiger partial charge in [0.25, 0.3) is 0 Å². The van der Waals surface area contributed by atoms with Gasteiger partial charge >= 0.3 is 6.03 Å². The lowest BCUT2D eigenvalue weighted by molar-refractivity contribution is 0.150. The first kappa shape index (κ1) is 32.3. The summed E-state index contributed by atoms with van der Waals surface area (Å²) in [4.78, 5) is 19.1. The Bertz CT molecular complexity index is 1360. The first-order valence-corrected chi connectivity index (χ1v) is 15.1. The molecule has 3 N–H and O–H groups in total. The van der Waals surface area contributed by atoms with Crippen LogP contribution in [0.3, 0.4) is 0 Å². The molecule has 2 aromatic carbocycles. The van der Waals surface area contributed by atoms with Crippen LogP contribution in [-0.4, -0.2) is 67.5 Å². The van der Waals surface area contributed by atoms with Crippen molar-refractivity contribution in [3.63, 3.8) is 0 Å². The van der Waals surface area contributed by atoms with Crippen LogP contribution >= 0.6 is 0 Å². The van der Waals surface area contributed by atoms with Gasteiger partial charge in [-0.25, -0.2) is 9.18 Å². The SMILES string of the molecule is COc1cc2c(Oc3ccc(NC(=O)NCCC(C)(C)C)cc3F)ccnc2cc1OCCCN1CCC(CCO)CC1. The van der Waals surface area contributed by atoms with E-state index in [0.717, 1.165) is 51.7 Å².